The van der Waals surface area contributed by atoms with Gasteiger partial charge < -0.3 is 0 Å². The van der Waals surface area contributed by atoms with Crippen molar-refractivity contribution in [3.05, 3.63) is 10.3 Å². The van der Waals surface area contributed by atoms with Crippen molar-refractivity contribution in [3.8, 4) is 0 Å². The maximum absolute atomic E-state index is 5.44. The Hall–Kier alpha value is 0.240. The summed E-state index contributed by atoms with van der Waals surface area (Å²) in [6.07, 6.45) is 0. The Morgan fingerprint density at radius 3 is 1.60 bits per heavy atom. The summed E-state index contributed by atoms with van der Waals surface area (Å²) in [7, 11) is 0. The van der Waals surface area contributed by atoms with E-state index >= 15 is 0 Å². The van der Waals surface area contributed by atoms with Gasteiger partial charge in [-0.25, -0.2) is 9.98 Å². The van der Waals surface area contributed by atoms with Gasteiger partial charge in [0.25, 0.3) is 0 Å². The second kappa shape index (κ2) is 3.09. The first-order valence-electron chi connectivity index (χ1n) is 2.15. The lowest BCUT2D eigenvalue weighted by atomic mass is 10.8. The molecule has 54 valence electrons. The van der Waals surface area contributed by atoms with Crippen LogP contribution < -0.4 is 0 Å². The largest absolute Gasteiger partial charge is 0.211 e. The number of halogens is 4. The van der Waals surface area contributed by atoms with E-state index in [4.69, 9.17) is 46.4 Å². The molecule has 0 fully saturated rings. The van der Waals surface area contributed by atoms with Crippen LogP contribution in [0.3, 0.4) is 0 Å². The standard InChI is InChI=1S/C4Cl4N2/c5-1(6)4-9-2(7)3(8)10-4. The highest BCUT2D eigenvalue weighted by Crippen LogP contribution is 2.22. The zero-order valence-corrected chi connectivity index (χ0v) is 7.43. The lowest BCUT2D eigenvalue weighted by Gasteiger charge is -1.83. The summed E-state index contributed by atoms with van der Waals surface area (Å²) >= 11 is 21.5. The molecule has 0 N–H and O–H groups in total. The molecule has 0 aromatic carbocycles. The molecule has 0 saturated heterocycles. The minimum Gasteiger partial charge on any atom is -0.211 e. The lowest BCUT2D eigenvalue weighted by Crippen LogP contribution is -1.90. The molecule has 1 aliphatic heterocycles. The zero-order chi connectivity index (χ0) is 7.72. The van der Waals surface area contributed by atoms with Gasteiger partial charge in [0.15, 0.2) is 20.7 Å². The van der Waals surface area contributed by atoms with Crippen LogP contribution in [0, 0.1) is 0 Å². The summed E-state index contributed by atoms with van der Waals surface area (Å²) < 4.78 is -0.0474. The van der Waals surface area contributed by atoms with Crippen LogP contribution in [-0.2, 0) is 0 Å². The fraction of sp³-hybridized carbons (Fsp3) is 0. The van der Waals surface area contributed by atoms with Crippen LogP contribution in [0.25, 0.3) is 0 Å². The fourth-order valence-corrected chi connectivity index (χ4v) is 0.801. The molecule has 0 atom stereocenters. The molecule has 0 aromatic rings. The van der Waals surface area contributed by atoms with E-state index in [9.17, 15) is 0 Å². The van der Waals surface area contributed by atoms with Gasteiger partial charge in [-0.3, -0.25) is 0 Å². The minimum atomic E-state index is -0.0474. The van der Waals surface area contributed by atoms with Crippen molar-refractivity contribution in [2.45, 2.75) is 0 Å². The Morgan fingerprint density at radius 2 is 1.40 bits per heavy atom. The van der Waals surface area contributed by atoms with Gasteiger partial charge in [0.1, 0.15) is 0 Å². The average molecular weight is 218 g/mol. The Labute approximate surface area is 77.1 Å². The van der Waals surface area contributed by atoms with E-state index in [2.05, 4.69) is 9.98 Å². The van der Waals surface area contributed by atoms with E-state index in [1.807, 2.05) is 0 Å². The molecule has 6 heteroatoms. The highest BCUT2D eigenvalue weighted by molar-refractivity contribution is 7.01. The summed E-state index contributed by atoms with van der Waals surface area (Å²) in [6, 6.07) is 0. The molecular formula is C4Cl4N2. The van der Waals surface area contributed by atoms with Gasteiger partial charge in [-0.2, -0.15) is 0 Å². The molecule has 0 unspecified atom stereocenters. The first-order valence-corrected chi connectivity index (χ1v) is 3.66. The Kier molecular flexibility index (Phi) is 2.58. The summed E-state index contributed by atoms with van der Waals surface area (Å²) in [6.45, 7) is 0. The average Bonchev–Trinajstić information content (AvgIpc) is 2.13. The van der Waals surface area contributed by atoms with Gasteiger partial charge in [0.05, 0.1) is 0 Å². The molecule has 0 bridgehead atoms. The minimum absolute atomic E-state index is 0.0474. The van der Waals surface area contributed by atoms with Crippen molar-refractivity contribution in [1.29, 1.82) is 0 Å². The molecule has 0 amide bonds. The van der Waals surface area contributed by atoms with Crippen molar-refractivity contribution in [3.63, 3.8) is 0 Å². The number of rotatable bonds is 0. The summed E-state index contributed by atoms with van der Waals surface area (Å²) in [5.74, 6) is 0.151. The topological polar surface area (TPSA) is 24.7 Å². The maximum Gasteiger partial charge on any atom is 0.185 e. The zero-order valence-electron chi connectivity index (χ0n) is 4.41. The highest BCUT2D eigenvalue weighted by Gasteiger charge is 2.14. The molecule has 0 radical (unpaired) electrons. The first kappa shape index (κ1) is 8.34. The fourth-order valence-electron chi connectivity index (χ4n) is 0.388. The molecule has 1 aliphatic rings. The molecule has 0 spiro atoms. The predicted octanol–water partition coefficient (Wildman–Crippen LogP) is 2.88. The number of nitrogens with zero attached hydrogens (tertiary/aromatic N) is 2. The number of hydrogen-bond donors (Lipinski definition) is 0. The normalized spacial score (nSPS) is 17.0. The summed E-state index contributed by atoms with van der Waals surface area (Å²) in [4.78, 5) is 7.26. The molecule has 1 heterocycles. The van der Waals surface area contributed by atoms with Crippen molar-refractivity contribution < 1.29 is 0 Å². The van der Waals surface area contributed by atoms with Crippen molar-refractivity contribution in [2.75, 3.05) is 0 Å². The quantitative estimate of drug-likeness (QED) is 0.597. The van der Waals surface area contributed by atoms with E-state index < -0.39 is 0 Å². The Balaban J connectivity index is 3.05. The van der Waals surface area contributed by atoms with Crippen molar-refractivity contribution in [1.82, 2.24) is 0 Å². The summed E-state index contributed by atoms with van der Waals surface area (Å²) in [5.41, 5.74) is 0. The predicted molar refractivity (Wildman–Crippen MR) is 45.3 cm³/mol. The maximum atomic E-state index is 5.44. The molecule has 10 heavy (non-hydrogen) atoms. The van der Waals surface area contributed by atoms with Crippen molar-refractivity contribution in [2.24, 2.45) is 9.98 Å². The van der Waals surface area contributed by atoms with E-state index in [1.54, 1.807) is 0 Å². The summed E-state index contributed by atoms with van der Waals surface area (Å²) in [5, 5.41) is 0.214. The van der Waals surface area contributed by atoms with Gasteiger partial charge in [-0.05, 0) is 0 Å². The third kappa shape index (κ3) is 1.64. The van der Waals surface area contributed by atoms with Crippen LogP contribution in [0.2, 0.25) is 0 Å². The third-order valence-corrected chi connectivity index (χ3v) is 1.71. The van der Waals surface area contributed by atoms with E-state index in [-0.39, 0.29) is 20.7 Å². The monoisotopic (exact) mass is 216 g/mol. The smallest absolute Gasteiger partial charge is 0.185 e. The van der Waals surface area contributed by atoms with Crippen LogP contribution in [0.1, 0.15) is 0 Å². The number of hydrogen-bond acceptors (Lipinski definition) is 2. The van der Waals surface area contributed by atoms with E-state index in [0.717, 1.165) is 0 Å². The molecule has 0 aliphatic carbocycles. The van der Waals surface area contributed by atoms with Gasteiger partial charge in [0.2, 0.25) is 0 Å². The SMILES string of the molecule is ClC1=NC(=C(Cl)Cl)N=C1Cl. The van der Waals surface area contributed by atoms with Crippen LogP contribution in [-0.4, -0.2) is 10.3 Å². The molecule has 0 saturated carbocycles. The molecule has 1 rings (SSSR count). The lowest BCUT2D eigenvalue weighted by molar-refractivity contribution is 1.29. The van der Waals surface area contributed by atoms with E-state index in [0.29, 0.717) is 0 Å². The van der Waals surface area contributed by atoms with Crippen LogP contribution in [0.15, 0.2) is 20.3 Å². The van der Waals surface area contributed by atoms with Gasteiger partial charge in [0, 0.05) is 0 Å². The highest BCUT2D eigenvalue weighted by atomic mass is 35.5. The second-order valence-corrected chi connectivity index (χ2v) is 3.05. The van der Waals surface area contributed by atoms with Crippen molar-refractivity contribution >= 4 is 56.7 Å². The molecule has 2 nitrogen and oxygen atoms in total. The van der Waals surface area contributed by atoms with Gasteiger partial charge >= 0.3 is 0 Å². The Bertz CT molecular complexity index is 228. The second-order valence-electron chi connectivity index (χ2n) is 1.39. The van der Waals surface area contributed by atoms with Crippen LogP contribution >= 0.6 is 46.4 Å². The third-order valence-electron chi connectivity index (χ3n) is 0.747. The van der Waals surface area contributed by atoms with Crippen LogP contribution in [0.4, 0.5) is 0 Å². The van der Waals surface area contributed by atoms with Gasteiger partial charge in [-0.15, -0.1) is 0 Å². The first-order chi connectivity index (χ1) is 4.61. The number of aliphatic imine (C=N–C) groups is 2. The molecule has 0 aromatic heterocycles. The van der Waals surface area contributed by atoms with Gasteiger partial charge in [-0.1, -0.05) is 46.4 Å². The van der Waals surface area contributed by atoms with Crippen LogP contribution in [0.5, 0.6) is 0 Å². The van der Waals surface area contributed by atoms with E-state index in [1.165, 1.54) is 0 Å². The Morgan fingerprint density at radius 1 is 1.00 bits per heavy atom. The molecular weight excluding hydrogens is 218 g/mol.